The topological polar surface area (TPSA) is 67.6 Å². The third-order valence-electron chi connectivity index (χ3n) is 0.981. The molecule has 0 radical (unpaired) electrons. The second kappa shape index (κ2) is 2.51. The van der Waals surface area contributed by atoms with E-state index in [4.69, 9.17) is 4.42 Å². The molecule has 7 heteroatoms. The van der Waals surface area contributed by atoms with Gasteiger partial charge in [-0.2, -0.15) is 0 Å². The molecule has 0 amide bonds. The Balaban J connectivity index is 2.53. The molecule has 0 atom stereocenters. The highest BCUT2D eigenvalue weighted by molar-refractivity contribution is 7.71. The molecule has 56 valence electrons. The minimum absolute atomic E-state index is 0.246. The summed E-state index contributed by atoms with van der Waals surface area (Å²) < 4.78 is 4.98. The van der Waals surface area contributed by atoms with E-state index in [0.717, 1.165) is 0 Å². The lowest BCUT2D eigenvalue weighted by atomic mass is 10.7. The molecule has 0 aliphatic rings. The second-order valence-electron chi connectivity index (χ2n) is 1.66. The van der Waals surface area contributed by atoms with Gasteiger partial charge in [0.2, 0.25) is 5.01 Å². The van der Waals surface area contributed by atoms with Gasteiger partial charge in [-0.1, -0.05) is 11.3 Å². The highest BCUT2D eigenvalue weighted by Crippen LogP contribution is 2.16. The van der Waals surface area contributed by atoms with Crippen molar-refractivity contribution in [3.05, 3.63) is 10.3 Å². The Labute approximate surface area is 70.1 Å². The first-order valence-electron chi connectivity index (χ1n) is 2.68. The van der Waals surface area contributed by atoms with Gasteiger partial charge in [0.25, 0.3) is 10.7 Å². The van der Waals surface area contributed by atoms with Crippen LogP contribution in [0, 0.1) is 4.84 Å². The van der Waals surface area contributed by atoms with E-state index in [1.807, 2.05) is 0 Å². The van der Waals surface area contributed by atoms with Crippen molar-refractivity contribution in [2.45, 2.75) is 0 Å². The summed E-state index contributed by atoms with van der Waals surface area (Å²) >= 11 is 6.02. The Morgan fingerprint density at radius 1 is 1.64 bits per heavy atom. The minimum atomic E-state index is 0.246. The zero-order valence-corrected chi connectivity index (χ0v) is 6.78. The number of aromatic nitrogens is 4. The van der Waals surface area contributed by atoms with E-state index in [2.05, 4.69) is 32.6 Å². The molecule has 0 saturated carbocycles. The maximum Gasteiger partial charge on any atom is 0.284 e. The van der Waals surface area contributed by atoms with E-state index in [-0.39, 0.29) is 4.84 Å². The van der Waals surface area contributed by atoms with Gasteiger partial charge in [0.15, 0.2) is 0 Å². The van der Waals surface area contributed by atoms with Crippen molar-refractivity contribution in [3.8, 4) is 10.9 Å². The fourth-order valence-corrected chi connectivity index (χ4v) is 1.19. The van der Waals surface area contributed by atoms with E-state index in [1.165, 1.54) is 11.3 Å². The molecule has 0 spiro atoms. The number of H-pyrrole nitrogens is 1. The van der Waals surface area contributed by atoms with Crippen LogP contribution >= 0.6 is 23.6 Å². The predicted octanol–water partition coefficient (Wildman–Crippen LogP) is 1.25. The van der Waals surface area contributed by atoms with Gasteiger partial charge in [-0.15, -0.1) is 15.3 Å². The lowest BCUT2D eigenvalue weighted by molar-refractivity contribution is 0.551. The van der Waals surface area contributed by atoms with E-state index >= 15 is 0 Å². The summed E-state index contributed by atoms with van der Waals surface area (Å²) in [5.74, 6) is 0.387. The predicted molar refractivity (Wildman–Crippen MR) is 40.6 cm³/mol. The standard InChI is InChI=1S/C4H2N4OS2/c10-4-8-6-2(9-4)3-7-5-1-11-3/h1H,(H,8,10). The zero-order chi connectivity index (χ0) is 7.68. The van der Waals surface area contributed by atoms with Gasteiger partial charge >= 0.3 is 0 Å². The number of nitrogens with zero attached hydrogens (tertiary/aromatic N) is 3. The van der Waals surface area contributed by atoms with Crippen molar-refractivity contribution < 1.29 is 4.42 Å². The Hall–Kier alpha value is -1.08. The van der Waals surface area contributed by atoms with Crippen LogP contribution in [0.5, 0.6) is 0 Å². The molecule has 0 saturated heterocycles. The molecular weight excluding hydrogens is 184 g/mol. The molecule has 1 N–H and O–H groups in total. The quantitative estimate of drug-likeness (QED) is 0.679. The van der Waals surface area contributed by atoms with Crippen molar-refractivity contribution in [3.63, 3.8) is 0 Å². The van der Waals surface area contributed by atoms with Gasteiger partial charge in [-0.25, -0.2) is 5.10 Å². The molecule has 0 unspecified atom stereocenters. The van der Waals surface area contributed by atoms with Gasteiger partial charge in [0.1, 0.15) is 5.51 Å². The molecule has 0 fully saturated rings. The first-order chi connectivity index (χ1) is 5.36. The number of rotatable bonds is 1. The van der Waals surface area contributed by atoms with E-state index in [0.29, 0.717) is 10.9 Å². The number of nitrogens with one attached hydrogen (secondary N) is 1. The zero-order valence-electron chi connectivity index (χ0n) is 5.14. The lowest BCUT2D eigenvalue weighted by Gasteiger charge is -1.78. The Morgan fingerprint density at radius 3 is 3.09 bits per heavy atom. The highest BCUT2D eigenvalue weighted by Gasteiger charge is 2.05. The van der Waals surface area contributed by atoms with Crippen LogP contribution in [-0.2, 0) is 0 Å². The summed E-state index contributed by atoms with van der Waals surface area (Å²) in [6.45, 7) is 0. The van der Waals surface area contributed by atoms with Crippen LogP contribution in [0.25, 0.3) is 10.9 Å². The maximum absolute atomic E-state index is 4.98. The fraction of sp³-hybridized carbons (Fsp3) is 0. The molecular formula is C4H2N4OS2. The monoisotopic (exact) mass is 186 g/mol. The molecule has 0 aromatic carbocycles. The molecule has 2 aromatic rings. The fourth-order valence-electron chi connectivity index (χ4n) is 0.588. The minimum Gasteiger partial charge on any atom is -0.407 e. The van der Waals surface area contributed by atoms with Crippen molar-refractivity contribution in [2.75, 3.05) is 0 Å². The number of hydrogen-bond donors (Lipinski definition) is 1. The largest absolute Gasteiger partial charge is 0.407 e. The summed E-state index contributed by atoms with van der Waals surface area (Å²) in [5, 5.41) is 14.3. The van der Waals surface area contributed by atoms with E-state index < -0.39 is 0 Å². The molecule has 2 rings (SSSR count). The molecule has 11 heavy (non-hydrogen) atoms. The maximum atomic E-state index is 4.98. The van der Waals surface area contributed by atoms with Gasteiger partial charge in [-0.05, 0) is 12.2 Å². The van der Waals surface area contributed by atoms with Crippen molar-refractivity contribution >= 4 is 23.6 Å². The van der Waals surface area contributed by atoms with Crippen LogP contribution in [0.15, 0.2) is 9.93 Å². The van der Waals surface area contributed by atoms with Crippen molar-refractivity contribution in [2.24, 2.45) is 0 Å². The number of hydrogen-bond acceptors (Lipinski definition) is 6. The van der Waals surface area contributed by atoms with Crippen LogP contribution < -0.4 is 0 Å². The summed E-state index contributed by atoms with van der Waals surface area (Å²) in [6, 6.07) is 0. The van der Waals surface area contributed by atoms with Crippen molar-refractivity contribution in [1.29, 1.82) is 0 Å². The third kappa shape index (κ3) is 1.19. The Morgan fingerprint density at radius 2 is 2.55 bits per heavy atom. The average molecular weight is 186 g/mol. The molecule has 0 aliphatic carbocycles. The Bertz CT molecular complexity index is 388. The summed E-state index contributed by atoms with van der Waals surface area (Å²) in [4.78, 5) is 0.246. The highest BCUT2D eigenvalue weighted by atomic mass is 32.1. The lowest BCUT2D eigenvalue weighted by Crippen LogP contribution is -1.75. The Kier molecular flexibility index (Phi) is 1.51. The first kappa shape index (κ1) is 6.62. The molecule has 0 aliphatic heterocycles. The second-order valence-corrected chi connectivity index (χ2v) is 2.87. The molecule has 2 heterocycles. The first-order valence-corrected chi connectivity index (χ1v) is 3.97. The van der Waals surface area contributed by atoms with Gasteiger partial charge in [0.05, 0.1) is 0 Å². The van der Waals surface area contributed by atoms with E-state index in [1.54, 1.807) is 5.51 Å². The normalized spacial score (nSPS) is 10.2. The van der Waals surface area contributed by atoms with Gasteiger partial charge in [0, 0.05) is 0 Å². The summed E-state index contributed by atoms with van der Waals surface area (Å²) in [6.07, 6.45) is 0. The summed E-state index contributed by atoms with van der Waals surface area (Å²) in [5.41, 5.74) is 1.60. The molecule has 0 bridgehead atoms. The van der Waals surface area contributed by atoms with Crippen LogP contribution in [0.2, 0.25) is 0 Å². The smallest absolute Gasteiger partial charge is 0.284 e. The van der Waals surface area contributed by atoms with E-state index in [9.17, 15) is 0 Å². The summed E-state index contributed by atoms with van der Waals surface area (Å²) in [7, 11) is 0. The van der Waals surface area contributed by atoms with Crippen LogP contribution in [-0.4, -0.2) is 20.4 Å². The third-order valence-corrected chi connectivity index (χ3v) is 1.83. The van der Waals surface area contributed by atoms with Crippen LogP contribution in [0.1, 0.15) is 0 Å². The van der Waals surface area contributed by atoms with Gasteiger partial charge in [-0.3, -0.25) is 0 Å². The molecule has 2 aromatic heterocycles. The van der Waals surface area contributed by atoms with Crippen LogP contribution in [0.3, 0.4) is 0 Å². The van der Waals surface area contributed by atoms with Gasteiger partial charge < -0.3 is 4.42 Å². The average Bonchev–Trinajstić information content (AvgIpc) is 2.55. The van der Waals surface area contributed by atoms with Crippen molar-refractivity contribution in [1.82, 2.24) is 20.4 Å². The van der Waals surface area contributed by atoms with Crippen LogP contribution in [0.4, 0.5) is 0 Å². The number of aromatic amines is 1. The SMILES string of the molecule is S=c1[nH]nc(-c2nncs2)o1. The molecule has 5 nitrogen and oxygen atoms in total.